The van der Waals surface area contributed by atoms with Gasteiger partial charge >= 0.3 is 6.03 Å². The number of amides is 3. The molecule has 2 aromatic rings. The van der Waals surface area contributed by atoms with E-state index in [0.717, 1.165) is 69.0 Å². The van der Waals surface area contributed by atoms with E-state index in [1.54, 1.807) is 0 Å². The second-order valence-electron chi connectivity index (χ2n) is 8.35. The van der Waals surface area contributed by atoms with Crippen molar-refractivity contribution in [1.29, 1.82) is 0 Å². The molecule has 0 unspecified atom stereocenters. The average Bonchev–Trinajstić information content (AvgIpc) is 3.04. The Morgan fingerprint density at radius 2 is 1.72 bits per heavy atom. The topological polar surface area (TPSA) is 73.9 Å². The van der Waals surface area contributed by atoms with Gasteiger partial charge in [0.05, 0.1) is 19.6 Å². The largest absolute Gasteiger partial charge is 0.379 e. The number of ether oxygens (including phenoxy) is 1. The second kappa shape index (κ2) is 11.1. The first-order valence-corrected chi connectivity index (χ1v) is 11.5. The summed E-state index contributed by atoms with van der Waals surface area (Å²) >= 11 is 0. The number of hydrogen-bond donors (Lipinski definition) is 2. The molecule has 4 rings (SSSR count). The van der Waals surface area contributed by atoms with Crippen molar-refractivity contribution in [2.45, 2.75) is 25.7 Å². The van der Waals surface area contributed by atoms with Crippen LogP contribution in [0.3, 0.4) is 0 Å². The number of hydrogen-bond acceptors (Lipinski definition) is 4. The molecular formula is C25H32N4O3. The number of fused-ring (bicyclic) bond motifs is 1. The Morgan fingerprint density at radius 3 is 2.53 bits per heavy atom. The summed E-state index contributed by atoms with van der Waals surface area (Å²) < 4.78 is 5.34. The van der Waals surface area contributed by atoms with Gasteiger partial charge in [0.2, 0.25) is 5.91 Å². The van der Waals surface area contributed by atoms with Crippen molar-refractivity contribution in [2.75, 3.05) is 56.2 Å². The maximum atomic E-state index is 12.9. The number of nitrogens with zero attached hydrogens (tertiary/aromatic N) is 2. The predicted octanol–water partition coefficient (Wildman–Crippen LogP) is 3.05. The van der Waals surface area contributed by atoms with E-state index in [4.69, 9.17) is 4.74 Å². The zero-order valence-corrected chi connectivity index (χ0v) is 18.5. The van der Waals surface area contributed by atoms with Crippen molar-refractivity contribution in [1.82, 2.24) is 10.2 Å². The molecule has 2 aliphatic rings. The van der Waals surface area contributed by atoms with Gasteiger partial charge in [-0.3, -0.25) is 14.6 Å². The number of benzene rings is 2. The fraction of sp³-hybridized carbons (Fsp3) is 0.440. The van der Waals surface area contributed by atoms with Gasteiger partial charge < -0.3 is 15.4 Å². The molecule has 0 bridgehead atoms. The molecule has 0 spiro atoms. The molecular weight excluding hydrogens is 404 g/mol. The van der Waals surface area contributed by atoms with Gasteiger partial charge in [-0.2, -0.15) is 0 Å². The van der Waals surface area contributed by atoms with Crippen LogP contribution >= 0.6 is 0 Å². The van der Waals surface area contributed by atoms with Crippen LogP contribution in [0.4, 0.5) is 16.2 Å². The highest BCUT2D eigenvalue weighted by molar-refractivity contribution is 6.02. The van der Waals surface area contributed by atoms with Crippen molar-refractivity contribution in [3.63, 3.8) is 0 Å². The van der Waals surface area contributed by atoms with Crippen LogP contribution in [0.5, 0.6) is 0 Å². The second-order valence-corrected chi connectivity index (χ2v) is 8.35. The average molecular weight is 437 g/mol. The van der Waals surface area contributed by atoms with E-state index in [0.29, 0.717) is 19.5 Å². The number of para-hydroxylation sites is 1. The number of rotatable bonds is 6. The Morgan fingerprint density at radius 1 is 0.938 bits per heavy atom. The highest BCUT2D eigenvalue weighted by atomic mass is 16.5. The number of anilines is 2. The molecule has 0 radical (unpaired) electrons. The summed E-state index contributed by atoms with van der Waals surface area (Å²) in [6.45, 7) is 5.58. The summed E-state index contributed by atoms with van der Waals surface area (Å²) in [5, 5.41) is 5.99. The lowest BCUT2D eigenvalue weighted by Gasteiger charge is -2.26. The zero-order chi connectivity index (χ0) is 22.2. The number of carbonyl (C=O) groups excluding carboxylic acids is 2. The van der Waals surface area contributed by atoms with E-state index in [9.17, 15) is 9.59 Å². The highest BCUT2D eigenvalue weighted by Crippen LogP contribution is 2.26. The van der Waals surface area contributed by atoms with E-state index in [1.165, 1.54) is 5.56 Å². The lowest BCUT2D eigenvalue weighted by Crippen LogP contribution is -2.41. The minimum atomic E-state index is -0.118. The van der Waals surface area contributed by atoms with E-state index < -0.39 is 0 Å². The molecule has 7 nitrogen and oxygen atoms in total. The van der Waals surface area contributed by atoms with Crippen molar-refractivity contribution >= 4 is 23.3 Å². The molecule has 0 aromatic heterocycles. The molecule has 1 fully saturated rings. The SMILES string of the molecule is O=C(Cc1ccc(NC(=O)N2CCCCc3ccccc32)cc1)NCCN1CCOCC1. The highest BCUT2D eigenvalue weighted by Gasteiger charge is 2.21. The summed E-state index contributed by atoms with van der Waals surface area (Å²) in [6, 6.07) is 15.5. The number of urea groups is 1. The van der Waals surface area contributed by atoms with Crippen molar-refractivity contribution in [2.24, 2.45) is 0 Å². The standard InChI is InChI=1S/C25H32N4O3/c30-24(26-12-14-28-15-17-32-18-16-28)19-20-8-10-22(11-9-20)27-25(31)29-13-4-3-6-21-5-1-2-7-23(21)29/h1-2,5,7-11H,3-4,6,12-19H2,(H,26,30)(H,27,31). The van der Waals surface area contributed by atoms with Gasteiger partial charge in [0.25, 0.3) is 0 Å². The number of carbonyl (C=O) groups is 2. The van der Waals surface area contributed by atoms with Crippen LogP contribution in [0.2, 0.25) is 0 Å². The number of nitrogens with one attached hydrogen (secondary N) is 2. The van der Waals surface area contributed by atoms with E-state index in [-0.39, 0.29) is 11.9 Å². The molecule has 0 aliphatic carbocycles. The van der Waals surface area contributed by atoms with Gasteiger partial charge in [0.1, 0.15) is 0 Å². The fourth-order valence-corrected chi connectivity index (χ4v) is 4.23. The minimum Gasteiger partial charge on any atom is -0.379 e. The summed E-state index contributed by atoms with van der Waals surface area (Å²) in [5.41, 5.74) is 3.86. The first-order valence-electron chi connectivity index (χ1n) is 11.5. The summed E-state index contributed by atoms with van der Waals surface area (Å²) in [5.74, 6) is 0.0104. The third-order valence-electron chi connectivity index (χ3n) is 6.03. The van der Waals surface area contributed by atoms with Crippen LogP contribution in [0.1, 0.15) is 24.0 Å². The Hall–Kier alpha value is -2.90. The Bertz CT molecular complexity index is 910. The van der Waals surface area contributed by atoms with Gasteiger partial charge in [-0.1, -0.05) is 30.3 Å². The smallest absolute Gasteiger partial charge is 0.326 e. The molecule has 0 atom stereocenters. The molecule has 170 valence electrons. The normalized spacial score (nSPS) is 16.7. The lowest BCUT2D eigenvalue weighted by molar-refractivity contribution is -0.120. The van der Waals surface area contributed by atoms with Gasteiger partial charge in [0, 0.05) is 44.1 Å². The Kier molecular flexibility index (Phi) is 7.74. The van der Waals surface area contributed by atoms with Gasteiger partial charge in [0.15, 0.2) is 0 Å². The molecule has 2 aromatic carbocycles. The quantitative estimate of drug-likeness (QED) is 0.730. The molecule has 2 heterocycles. The van der Waals surface area contributed by atoms with Crippen molar-refractivity contribution < 1.29 is 14.3 Å². The lowest BCUT2D eigenvalue weighted by atomic mass is 10.1. The summed E-state index contributed by atoms with van der Waals surface area (Å²) in [7, 11) is 0. The molecule has 2 N–H and O–H groups in total. The third kappa shape index (κ3) is 6.08. The third-order valence-corrected chi connectivity index (χ3v) is 6.03. The van der Waals surface area contributed by atoms with Crippen LogP contribution in [-0.4, -0.2) is 62.8 Å². The summed E-state index contributed by atoms with van der Waals surface area (Å²) in [6.07, 6.45) is 3.41. The molecule has 1 saturated heterocycles. The zero-order valence-electron chi connectivity index (χ0n) is 18.5. The van der Waals surface area contributed by atoms with Crippen LogP contribution in [0.15, 0.2) is 48.5 Å². The first-order chi connectivity index (χ1) is 15.7. The van der Waals surface area contributed by atoms with Crippen LogP contribution in [-0.2, 0) is 22.4 Å². The monoisotopic (exact) mass is 436 g/mol. The maximum Gasteiger partial charge on any atom is 0.326 e. The first kappa shape index (κ1) is 22.3. The molecule has 7 heteroatoms. The summed E-state index contributed by atoms with van der Waals surface area (Å²) in [4.78, 5) is 29.3. The van der Waals surface area contributed by atoms with Gasteiger partial charge in [-0.05, 0) is 48.6 Å². The Labute approximate surface area is 189 Å². The van der Waals surface area contributed by atoms with Gasteiger partial charge in [-0.25, -0.2) is 4.79 Å². The number of morpholine rings is 1. The Balaban J connectivity index is 1.26. The van der Waals surface area contributed by atoms with Crippen molar-refractivity contribution in [3.05, 3.63) is 59.7 Å². The molecule has 2 aliphatic heterocycles. The number of aryl methyl sites for hydroxylation is 1. The van der Waals surface area contributed by atoms with E-state index in [2.05, 4.69) is 21.6 Å². The fourth-order valence-electron chi connectivity index (χ4n) is 4.23. The van der Waals surface area contributed by atoms with Crippen LogP contribution < -0.4 is 15.5 Å². The van der Waals surface area contributed by atoms with Gasteiger partial charge in [-0.15, -0.1) is 0 Å². The van der Waals surface area contributed by atoms with E-state index in [1.807, 2.05) is 47.4 Å². The predicted molar refractivity (Wildman–Crippen MR) is 126 cm³/mol. The van der Waals surface area contributed by atoms with Crippen LogP contribution in [0, 0.1) is 0 Å². The van der Waals surface area contributed by atoms with Crippen LogP contribution in [0.25, 0.3) is 0 Å². The van der Waals surface area contributed by atoms with Crippen molar-refractivity contribution in [3.8, 4) is 0 Å². The van der Waals surface area contributed by atoms with E-state index >= 15 is 0 Å². The molecule has 3 amide bonds. The molecule has 0 saturated carbocycles. The maximum absolute atomic E-state index is 12.9. The minimum absolute atomic E-state index is 0.0104. The molecule has 32 heavy (non-hydrogen) atoms.